The molecule has 0 saturated carbocycles. The van der Waals surface area contributed by atoms with Crippen LogP contribution in [0, 0.1) is 0 Å². The summed E-state index contributed by atoms with van der Waals surface area (Å²) < 4.78 is 33.5. The van der Waals surface area contributed by atoms with Gasteiger partial charge in [-0.25, -0.2) is 8.42 Å². The van der Waals surface area contributed by atoms with Gasteiger partial charge in [0.05, 0.1) is 19.5 Å². The van der Waals surface area contributed by atoms with Crippen molar-refractivity contribution in [2.24, 2.45) is 4.99 Å². The Balaban J connectivity index is 0.00000784. The fraction of sp³-hybridized carbons (Fsp3) is 0.650. The first-order chi connectivity index (χ1) is 13.3. The highest BCUT2D eigenvalue weighted by Crippen LogP contribution is 2.28. The van der Waals surface area contributed by atoms with E-state index in [0.29, 0.717) is 25.5 Å². The fourth-order valence-corrected chi connectivity index (χ4v) is 3.42. The van der Waals surface area contributed by atoms with Crippen LogP contribution < -0.4 is 20.1 Å². The molecule has 0 aromatic heterocycles. The number of hydrogen-bond donors (Lipinski definition) is 2. The van der Waals surface area contributed by atoms with Crippen LogP contribution in [0.2, 0.25) is 0 Å². The number of hydrogen-bond acceptors (Lipinski definition) is 5. The van der Waals surface area contributed by atoms with Crippen LogP contribution in [0.1, 0.15) is 39.2 Å². The molecule has 0 fully saturated rings. The van der Waals surface area contributed by atoms with Crippen LogP contribution in [0.3, 0.4) is 0 Å². The second-order valence-corrected chi connectivity index (χ2v) is 9.01. The van der Waals surface area contributed by atoms with E-state index in [4.69, 9.17) is 9.47 Å². The average Bonchev–Trinajstić information content (AvgIpc) is 2.63. The van der Waals surface area contributed by atoms with Crippen molar-refractivity contribution in [3.8, 4) is 11.5 Å². The Morgan fingerprint density at radius 1 is 1.24 bits per heavy atom. The van der Waals surface area contributed by atoms with Gasteiger partial charge in [0.2, 0.25) is 0 Å². The predicted molar refractivity (Wildman–Crippen MR) is 131 cm³/mol. The van der Waals surface area contributed by atoms with E-state index in [-0.39, 0.29) is 35.8 Å². The van der Waals surface area contributed by atoms with Gasteiger partial charge in [0.25, 0.3) is 0 Å². The number of aryl methyl sites for hydroxylation is 1. The monoisotopic (exact) mass is 541 g/mol. The van der Waals surface area contributed by atoms with Crippen LogP contribution in [0.5, 0.6) is 11.5 Å². The molecule has 1 aromatic rings. The van der Waals surface area contributed by atoms with E-state index in [2.05, 4.69) is 15.6 Å². The Hall–Kier alpha value is -1.23. The summed E-state index contributed by atoms with van der Waals surface area (Å²) in [6.07, 6.45) is 3.59. The van der Waals surface area contributed by atoms with Gasteiger partial charge in [-0.15, -0.1) is 24.0 Å². The van der Waals surface area contributed by atoms with E-state index in [1.165, 1.54) is 11.8 Å². The van der Waals surface area contributed by atoms with Gasteiger partial charge in [0.15, 0.2) is 17.5 Å². The summed E-state index contributed by atoms with van der Waals surface area (Å²) >= 11 is 0. The van der Waals surface area contributed by atoms with Crippen LogP contribution >= 0.6 is 24.0 Å². The molecule has 0 aliphatic heterocycles. The lowest BCUT2D eigenvalue weighted by Gasteiger charge is -2.17. The number of guanidine groups is 1. The molecule has 1 aromatic carbocycles. The third-order valence-corrected chi connectivity index (χ3v) is 5.05. The smallest absolute Gasteiger partial charge is 0.191 e. The lowest BCUT2D eigenvalue weighted by Crippen LogP contribution is -2.42. The summed E-state index contributed by atoms with van der Waals surface area (Å²) in [5.41, 5.74) is 1.18. The highest BCUT2D eigenvalue weighted by molar-refractivity contribution is 14.0. The number of benzene rings is 1. The van der Waals surface area contributed by atoms with Gasteiger partial charge in [0.1, 0.15) is 9.84 Å². The maximum atomic E-state index is 11.3. The molecule has 1 unspecified atom stereocenters. The molecule has 0 heterocycles. The molecule has 0 amide bonds. The van der Waals surface area contributed by atoms with Gasteiger partial charge in [-0.3, -0.25) is 4.99 Å². The molecule has 0 spiro atoms. The molecular weight excluding hydrogens is 505 g/mol. The van der Waals surface area contributed by atoms with Crippen LogP contribution in [0.15, 0.2) is 23.2 Å². The van der Waals surface area contributed by atoms with Gasteiger partial charge in [-0.1, -0.05) is 6.07 Å². The fourth-order valence-electron chi connectivity index (χ4n) is 2.64. The number of ether oxygens (including phenoxy) is 2. The Labute approximate surface area is 193 Å². The molecule has 9 heteroatoms. The first-order valence-corrected chi connectivity index (χ1v) is 11.9. The first kappa shape index (κ1) is 27.8. The van der Waals surface area contributed by atoms with E-state index < -0.39 is 9.84 Å². The van der Waals surface area contributed by atoms with Gasteiger partial charge in [-0.2, -0.15) is 0 Å². The summed E-state index contributed by atoms with van der Waals surface area (Å²) in [6, 6.07) is 6.02. The Morgan fingerprint density at radius 3 is 2.55 bits per heavy atom. The van der Waals surface area contributed by atoms with Crippen LogP contribution in [-0.2, 0) is 16.3 Å². The third kappa shape index (κ3) is 12.1. The lowest BCUT2D eigenvalue weighted by atomic mass is 10.1. The number of nitrogens with zero attached hydrogens (tertiary/aromatic N) is 1. The molecule has 0 radical (unpaired) electrons. The number of aliphatic imine (C=N–C) groups is 1. The Bertz CT molecular complexity index is 726. The molecular formula is C20H36IN3O4S. The minimum absolute atomic E-state index is 0. The normalized spacial score (nSPS) is 12.7. The van der Waals surface area contributed by atoms with E-state index in [1.807, 2.05) is 39.0 Å². The number of rotatable bonds is 12. The van der Waals surface area contributed by atoms with Crippen molar-refractivity contribution >= 4 is 39.8 Å². The van der Waals surface area contributed by atoms with Gasteiger partial charge >= 0.3 is 0 Å². The highest BCUT2D eigenvalue weighted by Gasteiger charge is 2.09. The minimum Gasteiger partial charge on any atom is -0.493 e. The summed E-state index contributed by atoms with van der Waals surface area (Å²) in [6.45, 7) is 7.94. The average molecular weight is 541 g/mol. The molecule has 0 aliphatic rings. The Kier molecular flexibility index (Phi) is 14.1. The molecule has 1 atom stereocenters. The lowest BCUT2D eigenvalue weighted by molar-refractivity contribution is 0.310. The van der Waals surface area contributed by atoms with Crippen molar-refractivity contribution in [2.75, 3.05) is 38.8 Å². The summed E-state index contributed by atoms with van der Waals surface area (Å²) in [5.74, 6) is 2.39. The van der Waals surface area contributed by atoms with E-state index in [1.54, 1.807) is 7.11 Å². The van der Waals surface area contributed by atoms with Crippen molar-refractivity contribution in [1.82, 2.24) is 10.6 Å². The molecule has 2 N–H and O–H groups in total. The van der Waals surface area contributed by atoms with Crippen LogP contribution in [0.4, 0.5) is 0 Å². The molecule has 0 saturated heterocycles. The molecule has 0 bridgehead atoms. The zero-order chi connectivity index (χ0) is 21.0. The van der Waals surface area contributed by atoms with Crippen molar-refractivity contribution in [1.29, 1.82) is 0 Å². The van der Waals surface area contributed by atoms with Crippen molar-refractivity contribution in [3.05, 3.63) is 23.8 Å². The maximum Gasteiger partial charge on any atom is 0.191 e. The van der Waals surface area contributed by atoms with Crippen LogP contribution in [-0.4, -0.2) is 59.2 Å². The summed E-state index contributed by atoms with van der Waals surface area (Å²) in [5, 5.41) is 6.47. The second kappa shape index (κ2) is 14.7. The van der Waals surface area contributed by atoms with E-state index in [9.17, 15) is 8.42 Å². The SMILES string of the molecule is CCNC(=NCCCc1ccc(OC)c(OCC)c1)NC(C)CCS(C)(=O)=O.I. The number of halogens is 1. The summed E-state index contributed by atoms with van der Waals surface area (Å²) in [7, 11) is -1.31. The van der Waals surface area contributed by atoms with Gasteiger partial charge in [0, 0.05) is 25.4 Å². The number of nitrogens with one attached hydrogen (secondary N) is 2. The molecule has 1 rings (SSSR count). The largest absolute Gasteiger partial charge is 0.493 e. The maximum absolute atomic E-state index is 11.3. The first-order valence-electron chi connectivity index (χ1n) is 9.81. The van der Waals surface area contributed by atoms with Crippen molar-refractivity contribution in [2.45, 2.75) is 46.1 Å². The quantitative estimate of drug-likeness (QED) is 0.183. The molecule has 168 valence electrons. The predicted octanol–water partition coefficient (Wildman–Crippen LogP) is 3.02. The molecule has 29 heavy (non-hydrogen) atoms. The highest BCUT2D eigenvalue weighted by atomic mass is 127. The van der Waals surface area contributed by atoms with Gasteiger partial charge in [-0.05, 0) is 57.7 Å². The molecule has 7 nitrogen and oxygen atoms in total. The van der Waals surface area contributed by atoms with Crippen molar-refractivity contribution < 1.29 is 17.9 Å². The Morgan fingerprint density at radius 2 is 1.97 bits per heavy atom. The second-order valence-electron chi connectivity index (χ2n) is 6.75. The minimum atomic E-state index is -2.95. The number of methoxy groups -OCH3 is 1. The van der Waals surface area contributed by atoms with Crippen molar-refractivity contribution in [3.63, 3.8) is 0 Å². The van der Waals surface area contributed by atoms with E-state index >= 15 is 0 Å². The third-order valence-electron chi connectivity index (χ3n) is 4.07. The van der Waals surface area contributed by atoms with Gasteiger partial charge < -0.3 is 20.1 Å². The zero-order valence-electron chi connectivity index (χ0n) is 18.2. The van der Waals surface area contributed by atoms with Crippen LogP contribution in [0.25, 0.3) is 0 Å². The van der Waals surface area contributed by atoms with E-state index in [0.717, 1.165) is 30.9 Å². The topological polar surface area (TPSA) is 89.0 Å². The zero-order valence-corrected chi connectivity index (χ0v) is 21.3. The number of sulfone groups is 1. The standard InChI is InChI=1S/C20H35N3O4S.HI/c1-6-21-20(23-16(3)12-14-28(5,24)25)22-13-8-9-17-10-11-18(26-4)19(15-17)27-7-2;/h10-11,15-16H,6-9,12-14H2,1-5H3,(H2,21,22,23);1H. The summed E-state index contributed by atoms with van der Waals surface area (Å²) in [4.78, 5) is 4.59. The molecule has 0 aliphatic carbocycles.